The van der Waals surface area contributed by atoms with Crippen LogP contribution in [0.1, 0.15) is 99.1 Å². The quantitative estimate of drug-likeness (QED) is 0.134. The highest BCUT2D eigenvalue weighted by atomic mass is 35.5. The molecule has 2 aromatic rings. The van der Waals surface area contributed by atoms with Gasteiger partial charge in [-0.3, -0.25) is 9.59 Å². The van der Waals surface area contributed by atoms with Crippen molar-refractivity contribution in [3.8, 4) is 5.75 Å². The molecule has 7 heteroatoms. The summed E-state index contributed by atoms with van der Waals surface area (Å²) in [6.07, 6.45) is 3.83. The third-order valence-corrected chi connectivity index (χ3v) is 8.13. The second-order valence-electron chi connectivity index (χ2n) is 12.9. The fraction of sp³-hybridized carbons (Fsp3) is 0.576. The summed E-state index contributed by atoms with van der Waals surface area (Å²) in [4.78, 5) is 24.7. The van der Waals surface area contributed by atoms with Crippen LogP contribution in [0.5, 0.6) is 5.75 Å². The van der Waals surface area contributed by atoms with Crippen molar-refractivity contribution >= 4 is 34.7 Å². The van der Waals surface area contributed by atoms with E-state index in [2.05, 4.69) is 70.4 Å². The average Bonchev–Trinajstić information content (AvgIpc) is 2.89. The van der Waals surface area contributed by atoms with Gasteiger partial charge in [0.05, 0.1) is 6.61 Å². The number of anilines is 2. The molecule has 0 bridgehead atoms. The first-order chi connectivity index (χ1) is 18.5. The maximum Gasteiger partial charge on any atom is 0.319 e. The van der Waals surface area contributed by atoms with Gasteiger partial charge in [-0.05, 0) is 66.3 Å². The lowest BCUT2D eigenvalue weighted by molar-refractivity contribution is -0.140. The third-order valence-electron chi connectivity index (χ3n) is 7.79. The monoisotopic (exact) mass is 574 g/mol. The Hall–Kier alpha value is -2.60. The summed E-state index contributed by atoms with van der Waals surface area (Å²) in [7, 11) is 0. The number of nitrogens with one attached hydrogen (secondary N) is 2. The molecule has 1 unspecified atom stereocenters. The van der Waals surface area contributed by atoms with Crippen molar-refractivity contribution in [3.05, 3.63) is 53.6 Å². The van der Waals surface area contributed by atoms with Crippen LogP contribution in [0.3, 0.4) is 0 Å². The van der Waals surface area contributed by atoms with E-state index in [1.54, 1.807) is 18.2 Å². The Bertz CT molecular complexity index is 1170. The minimum Gasteiger partial charge on any atom is -0.493 e. The van der Waals surface area contributed by atoms with E-state index in [-0.39, 0.29) is 10.8 Å². The normalized spacial score (nSPS) is 13.9. The molecule has 0 aliphatic heterocycles. The van der Waals surface area contributed by atoms with Crippen LogP contribution in [0.2, 0.25) is 0 Å². The fourth-order valence-electron chi connectivity index (χ4n) is 4.13. The summed E-state index contributed by atoms with van der Waals surface area (Å²) < 4.78 is 21.0. The molecule has 2 N–H and O–H groups in total. The Kier molecular flexibility index (Phi) is 11.2. The lowest BCUT2D eigenvalue weighted by Crippen LogP contribution is -2.46. The number of hydrogen-bond acceptors (Lipinski definition) is 4. The number of rotatable bonds is 14. The van der Waals surface area contributed by atoms with Gasteiger partial charge >= 0.3 is 5.13 Å². The van der Waals surface area contributed by atoms with Crippen molar-refractivity contribution in [2.45, 2.75) is 104 Å². The van der Waals surface area contributed by atoms with Crippen molar-refractivity contribution in [2.24, 2.45) is 5.41 Å². The summed E-state index contributed by atoms with van der Waals surface area (Å²) >= 11 is 5.71. The molecule has 0 fully saturated rings. The minimum absolute atomic E-state index is 0.0163. The number of unbranched alkanes of at least 4 members (excludes halogenated alkanes) is 1. The molecule has 2 rings (SSSR count). The number of hydrogen-bond donors (Lipinski definition) is 2. The molecule has 0 radical (unpaired) electrons. The van der Waals surface area contributed by atoms with Gasteiger partial charge in [0.15, 0.2) is 5.78 Å². The Morgan fingerprint density at radius 2 is 1.50 bits per heavy atom. The number of carbonyl (C=O) groups excluding carboxylic acids is 2. The number of alkyl halides is 2. The van der Waals surface area contributed by atoms with Crippen LogP contribution in [-0.2, 0) is 20.4 Å². The molecule has 0 spiro atoms. The van der Waals surface area contributed by atoms with Crippen molar-refractivity contribution in [1.29, 1.82) is 0 Å². The van der Waals surface area contributed by atoms with Crippen LogP contribution in [0.15, 0.2) is 42.5 Å². The standard InChI is InChI=1S/C33H48ClFN2O3/c1-10-31(6,7)23-17-18-27(26(21-23)32(8,9)11-2)40-20-13-12-19-36-24-15-14-16-25(22-24)37-29(39)33(34,35)28(38)30(3,4)5/h14-18,21-22,36H,10-13,19-20H2,1-9H3,(H,37,39). The van der Waals surface area contributed by atoms with Crippen LogP contribution >= 0.6 is 11.6 Å². The van der Waals surface area contributed by atoms with Gasteiger partial charge in [-0.25, -0.2) is 4.39 Å². The summed E-state index contributed by atoms with van der Waals surface area (Å²) in [5, 5.41) is 2.60. The van der Waals surface area contributed by atoms with E-state index < -0.39 is 22.2 Å². The third kappa shape index (κ3) is 8.70. The van der Waals surface area contributed by atoms with E-state index in [0.29, 0.717) is 18.8 Å². The smallest absolute Gasteiger partial charge is 0.319 e. The second-order valence-corrected chi connectivity index (χ2v) is 13.4. The lowest BCUT2D eigenvalue weighted by atomic mass is 9.76. The maximum atomic E-state index is 14.8. The maximum absolute atomic E-state index is 14.8. The molecular weight excluding hydrogens is 527 g/mol. The number of Topliss-reactive ketones (excluding diaryl/α,β-unsaturated/α-hetero) is 1. The highest BCUT2D eigenvalue weighted by molar-refractivity contribution is 6.47. The summed E-state index contributed by atoms with van der Waals surface area (Å²) in [5.74, 6) is -1.23. The van der Waals surface area contributed by atoms with E-state index in [9.17, 15) is 14.0 Å². The number of amides is 1. The van der Waals surface area contributed by atoms with Gasteiger partial charge in [0.25, 0.3) is 5.91 Å². The zero-order valence-electron chi connectivity index (χ0n) is 25.8. The predicted molar refractivity (Wildman–Crippen MR) is 166 cm³/mol. The highest BCUT2D eigenvalue weighted by Crippen LogP contribution is 2.38. The zero-order valence-corrected chi connectivity index (χ0v) is 26.5. The molecule has 0 heterocycles. The Morgan fingerprint density at radius 3 is 2.10 bits per heavy atom. The average molecular weight is 575 g/mol. The minimum atomic E-state index is -3.14. The van der Waals surface area contributed by atoms with Gasteiger partial charge in [-0.15, -0.1) is 0 Å². The van der Waals surface area contributed by atoms with E-state index in [1.165, 1.54) is 31.9 Å². The van der Waals surface area contributed by atoms with Crippen molar-refractivity contribution in [2.75, 3.05) is 23.8 Å². The van der Waals surface area contributed by atoms with Crippen LogP contribution < -0.4 is 15.4 Å². The number of halogens is 2. The lowest BCUT2D eigenvalue weighted by Gasteiger charge is -2.30. The molecule has 0 aliphatic rings. The van der Waals surface area contributed by atoms with Gasteiger partial charge in [-0.1, -0.05) is 92.1 Å². The first-order valence-electron chi connectivity index (χ1n) is 14.3. The molecule has 5 nitrogen and oxygen atoms in total. The van der Waals surface area contributed by atoms with E-state index in [0.717, 1.165) is 37.1 Å². The van der Waals surface area contributed by atoms with Crippen molar-refractivity contribution in [3.63, 3.8) is 0 Å². The van der Waals surface area contributed by atoms with Gasteiger partial charge in [-0.2, -0.15) is 0 Å². The SMILES string of the molecule is CCC(C)(C)c1ccc(OCCCCNc2cccc(NC(=O)C(F)(Cl)C(=O)C(C)(C)C)c2)c(C(C)(C)CC)c1. The molecule has 0 aliphatic carbocycles. The van der Waals surface area contributed by atoms with Crippen LogP contribution in [0.4, 0.5) is 15.8 Å². The molecule has 40 heavy (non-hydrogen) atoms. The van der Waals surface area contributed by atoms with Crippen LogP contribution in [-0.4, -0.2) is 30.0 Å². The van der Waals surface area contributed by atoms with Crippen molar-refractivity contribution in [1.82, 2.24) is 0 Å². The number of carbonyl (C=O) groups is 2. The molecule has 0 aromatic heterocycles. The number of ether oxygens (including phenoxy) is 1. The molecule has 1 amide bonds. The van der Waals surface area contributed by atoms with Crippen molar-refractivity contribution < 1.29 is 18.7 Å². The molecule has 0 saturated heterocycles. The van der Waals surface area contributed by atoms with E-state index >= 15 is 0 Å². The highest BCUT2D eigenvalue weighted by Gasteiger charge is 2.49. The van der Waals surface area contributed by atoms with Gasteiger partial charge in [0.2, 0.25) is 0 Å². The first-order valence-corrected chi connectivity index (χ1v) is 14.7. The summed E-state index contributed by atoms with van der Waals surface area (Å²) in [6, 6.07) is 13.5. The zero-order chi connectivity index (χ0) is 30.4. The molecular formula is C33H48ClFN2O3. The second kappa shape index (κ2) is 13.4. The Balaban J connectivity index is 1.92. The Morgan fingerprint density at radius 1 is 0.875 bits per heavy atom. The van der Waals surface area contributed by atoms with Gasteiger partial charge < -0.3 is 15.4 Å². The van der Waals surface area contributed by atoms with Crippen LogP contribution in [0.25, 0.3) is 0 Å². The molecule has 2 aromatic carbocycles. The summed E-state index contributed by atoms with van der Waals surface area (Å²) in [5.41, 5.74) is 2.75. The topological polar surface area (TPSA) is 67.4 Å². The summed E-state index contributed by atoms with van der Waals surface area (Å²) in [6.45, 7) is 19.4. The van der Waals surface area contributed by atoms with Crippen LogP contribution in [0, 0.1) is 5.41 Å². The fourth-order valence-corrected chi connectivity index (χ4v) is 4.46. The first kappa shape index (κ1) is 33.6. The van der Waals surface area contributed by atoms with Gasteiger partial charge in [0, 0.05) is 28.9 Å². The predicted octanol–water partition coefficient (Wildman–Crippen LogP) is 8.79. The number of benzene rings is 2. The van der Waals surface area contributed by atoms with E-state index in [1.807, 2.05) is 6.07 Å². The largest absolute Gasteiger partial charge is 0.493 e. The molecule has 1 atom stereocenters. The van der Waals surface area contributed by atoms with Gasteiger partial charge in [0.1, 0.15) is 5.75 Å². The number of ketones is 1. The molecule has 222 valence electrons. The van der Waals surface area contributed by atoms with E-state index in [4.69, 9.17) is 16.3 Å². The Labute approximate surface area is 245 Å². The molecule has 0 saturated carbocycles.